The van der Waals surface area contributed by atoms with E-state index in [0.717, 1.165) is 31.6 Å². The van der Waals surface area contributed by atoms with E-state index >= 15 is 0 Å². The van der Waals surface area contributed by atoms with Crippen LogP contribution in [0.5, 0.6) is 0 Å². The number of carbonyl (C=O) groups is 1. The largest absolute Gasteiger partial charge is 0.372 e. The Morgan fingerprint density at radius 1 is 1.39 bits per heavy atom. The topological polar surface area (TPSA) is 75.5 Å². The number of hydrogen-bond donors (Lipinski definition) is 1. The van der Waals surface area contributed by atoms with Gasteiger partial charge in [-0.05, 0) is 25.0 Å². The van der Waals surface area contributed by atoms with Gasteiger partial charge in [0.2, 0.25) is 0 Å². The van der Waals surface area contributed by atoms with Crippen molar-refractivity contribution in [2.24, 2.45) is 0 Å². The van der Waals surface area contributed by atoms with Crippen molar-refractivity contribution >= 4 is 17.3 Å². The Morgan fingerprint density at radius 3 is 2.61 bits per heavy atom. The lowest BCUT2D eigenvalue weighted by molar-refractivity contribution is -0.385. The zero-order valence-corrected chi connectivity index (χ0v) is 10.2. The first kappa shape index (κ1) is 12.3. The fourth-order valence-electron chi connectivity index (χ4n) is 2.17. The highest BCUT2D eigenvalue weighted by Gasteiger charge is 2.22. The summed E-state index contributed by atoms with van der Waals surface area (Å²) in [6.07, 6.45) is 2.23. The van der Waals surface area contributed by atoms with Crippen molar-refractivity contribution in [3.8, 4) is 0 Å². The minimum absolute atomic E-state index is 0.118. The van der Waals surface area contributed by atoms with E-state index in [-0.39, 0.29) is 11.3 Å². The van der Waals surface area contributed by atoms with Gasteiger partial charge in [0.1, 0.15) is 5.56 Å². The van der Waals surface area contributed by atoms with Crippen molar-refractivity contribution in [2.75, 3.05) is 25.0 Å². The molecule has 0 saturated carbocycles. The molecule has 1 aromatic carbocycles. The molecule has 0 aromatic heterocycles. The van der Waals surface area contributed by atoms with Crippen LogP contribution < -0.4 is 10.2 Å². The molecule has 1 aliphatic heterocycles. The normalized spacial score (nSPS) is 14.6. The molecule has 1 aliphatic rings. The maximum Gasteiger partial charge on any atom is 0.282 e. The minimum Gasteiger partial charge on any atom is -0.372 e. The van der Waals surface area contributed by atoms with Crippen molar-refractivity contribution < 1.29 is 9.72 Å². The lowest BCUT2D eigenvalue weighted by Gasteiger charge is -2.18. The van der Waals surface area contributed by atoms with E-state index in [1.54, 1.807) is 12.1 Å². The van der Waals surface area contributed by atoms with Gasteiger partial charge in [0, 0.05) is 31.9 Å². The Kier molecular flexibility index (Phi) is 3.45. The van der Waals surface area contributed by atoms with Gasteiger partial charge < -0.3 is 10.2 Å². The molecule has 18 heavy (non-hydrogen) atoms. The van der Waals surface area contributed by atoms with Gasteiger partial charge >= 0.3 is 0 Å². The molecule has 6 nitrogen and oxygen atoms in total. The third-order valence-electron chi connectivity index (χ3n) is 3.12. The van der Waals surface area contributed by atoms with E-state index in [4.69, 9.17) is 0 Å². The van der Waals surface area contributed by atoms with Crippen molar-refractivity contribution in [3.63, 3.8) is 0 Å². The molecule has 1 amide bonds. The SMILES string of the molecule is CNC(=O)c1cc(N2CCCC2)ccc1[N+](=O)[O-]. The average Bonchev–Trinajstić information content (AvgIpc) is 2.90. The van der Waals surface area contributed by atoms with Crippen molar-refractivity contribution in [3.05, 3.63) is 33.9 Å². The summed E-state index contributed by atoms with van der Waals surface area (Å²) in [6, 6.07) is 4.70. The van der Waals surface area contributed by atoms with Crippen LogP contribution in [0.1, 0.15) is 23.2 Å². The molecular formula is C12H15N3O3. The standard InChI is InChI=1S/C12H15N3O3/c1-13-12(16)10-8-9(14-6-2-3-7-14)4-5-11(10)15(17)18/h4-5,8H,2-3,6-7H2,1H3,(H,13,16). The lowest BCUT2D eigenvalue weighted by atomic mass is 10.1. The second-order valence-electron chi connectivity index (χ2n) is 4.23. The predicted octanol–water partition coefficient (Wildman–Crippen LogP) is 1.55. The molecule has 1 heterocycles. The van der Waals surface area contributed by atoms with Crippen molar-refractivity contribution in [1.29, 1.82) is 0 Å². The number of rotatable bonds is 3. The summed E-state index contributed by atoms with van der Waals surface area (Å²) in [5.41, 5.74) is 0.834. The highest BCUT2D eigenvalue weighted by atomic mass is 16.6. The monoisotopic (exact) mass is 249 g/mol. The van der Waals surface area contributed by atoms with Crippen molar-refractivity contribution in [2.45, 2.75) is 12.8 Å². The molecule has 0 aliphatic carbocycles. The van der Waals surface area contributed by atoms with Gasteiger partial charge in [0.25, 0.3) is 11.6 Å². The minimum atomic E-state index is -0.529. The van der Waals surface area contributed by atoms with E-state index in [1.807, 2.05) is 0 Å². The number of nitrogens with zero attached hydrogens (tertiary/aromatic N) is 2. The second-order valence-corrected chi connectivity index (χ2v) is 4.23. The molecule has 2 rings (SSSR count). The molecule has 0 unspecified atom stereocenters. The fourth-order valence-corrected chi connectivity index (χ4v) is 2.17. The molecule has 0 radical (unpaired) electrons. The Hall–Kier alpha value is -2.11. The van der Waals surface area contributed by atoms with Crippen LogP contribution in [-0.2, 0) is 0 Å². The molecule has 0 spiro atoms. The number of carbonyl (C=O) groups excluding carboxylic acids is 1. The summed E-state index contributed by atoms with van der Waals surface area (Å²) in [6.45, 7) is 1.87. The maximum absolute atomic E-state index is 11.7. The number of hydrogen-bond acceptors (Lipinski definition) is 4. The Labute approximate surface area is 105 Å². The first-order valence-corrected chi connectivity index (χ1v) is 5.89. The third-order valence-corrected chi connectivity index (χ3v) is 3.12. The van der Waals surface area contributed by atoms with Crippen LogP contribution in [0.3, 0.4) is 0 Å². The Morgan fingerprint density at radius 2 is 2.06 bits per heavy atom. The van der Waals surface area contributed by atoms with Crippen molar-refractivity contribution in [1.82, 2.24) is 5.32 Å². The number of nitro benzene ring substituents is 1. The Bertz CT molecular complexity index is 481. The maximum atomic E-state index is 11.7. The van der Waals surface area contributed by atoms with Crippen LogP contribution in [0.4, 0.5) is 11.4 Å². The number of anilines is 1. The van der Waals surface area contributed by atoms with Gasteiger partial charge in [0.15, 0.2) is 0 Å². The van der Waals surface area contributed by atoms with Crippen LogP contribution in [0.2, 0.25) is 0 Å². The smallest absolute Gasteiger partial charge is 0.282 e. The molecule has 1 aromatic rings. The van der Waals surface area contributed by atoms with Gasteiger partial charge in [-0.25, -0.2) is 0 Å². The first-order valence-electron chi connectivity index (χ1n) is 5.89. The lowest BCUT2D eigenvalue weighted by Crippen LogP contribution is -2.22. The summed E-state index contributed by atoms with van der Waals surface area (Å²) in [5, 5.41) is 13.3. The summed E-state index contributed by atoms with van der Waals surface area (Å²) in [5.74, 6) is -0.428. The molecule has 0 atom stereocenters. The zero-order valence-electron chi connectivity index (χ0n) is 10.2. The van der Waals surface area contributed by atoms with E-state index < -0.39 is 10.8 Å². The zero-order chi connectivity index (χ0) is 13.1. The second kappa shape index (κ2) is 5.03. The van der Waals surface area contributed by atoms with Crippen LogP contribution in [0, 0.1) is 10.1 Å². The number of nitro groups is 1. The van der Waals surface area contributed by atoms with Crippen LogP contribution in [0.25, 0.3) is 0 Å². The van der Waals surface area contributed by atoms with Gasteiger partial charge in [-0.15, -0.1) is 0 Å². The summed E-state index contributed by atoms with van der Waals surface area (Å²) < 4.78 is 0. The molecule has 6 heteroatoms. The summed E-state index contributed by atoms with van der Waals surface area (Å²) in [4.78, 5) is 24.2. The average molecular weight is 249 g/mol. The third kappa shape index (κ3) is 2.27. The van der Waals surface area contributed by atoms with Gasteiger partial charge in [-0.3, -0.25) is 14.9 Å². The summed E-state index contributed by atoms with van der Waals surface area (Å²) in [7, 11) is 1.47. The van der Waals surface area contributed by atoms with E-state index in [1.165, 1.54) is 13.1 Å². The number of benzene rings is 1. The van der Waals surface area contributed by atoms with E-state index in [2.05, 4.69) is 10.2 Å². The molecular weight excluding hydrogens is 234 g/mol. The van der Waals surface area contributed by atoms with Crippen LogP contribution in [-0.4, -0.2) is 31.0 Å². The molecule has 1 saturated heterocycles. The van der Waals surface area contributed by atoms with Crippen LogP contribution >= 0.6 is 0 Å². The first-order chi connectivity index (χ1) is 8.63. The van der Waals surface area contributed by atoms with Gasteiger partial charge in [0.05, 0.1) is 4.92 Å². The highest BCUT2D eigenvalue weighted by molar-refractivity contribution is 5.99. The predicted molar refractivity (Wildman–Crippen MR) is 67.9 cm³/mol. The molecule has 1 N–H and O–H groups in total. The quantitative estimate of drug-likeness (QED) is 0.651. The molecule has 96 valence electrons. The Balaban J connectivity index is 2.41. The molecule has 1 fully saturated rings. The molecule has 0 bridgehead atoms. The van der Waals surface area contributed by atoms with E-state index in [9.17, 15) is 14.9 Å². The number of amides is 1. The fraction of sp³-hybridized carbons (Fsp3) is 0.417. The summed E-state index contributed by atoms with van der Waals surface area (Å²) >= 11 is 0. The highest BCUT2D eigenvalue weighted by Crippen LogP contribution is 2.27. The number of nitrogens with one attached hydrogen (secondary N) is 1. The van der Waals surface area contributed by atoms with Gasteiger partial charge in [-0.2, -0.15) is 0 Å². The van der Waals surface area contributed by atoms with Gasteiger partial charge in [-0.1, -0.05) is 0 Å². The van der Waals surface area contributed by atoms with E-state index in [0.29, 0.717) is 0 Å². The van der Waals surface area contributed by atoms with Crippen LogP contribution in [0.15, 0.2) is 18.2 Å².